The molecule has 0 aromatic heterocycles. The van der Waals surface area contributed by atoms with E-state index >= 15 is 0 Å². The highest BCUT2D eigenvalue weighted by Gasteiger charge is 2.28. The van der Waals surface area contributed by atoms with Crippen molar-refractivity contribution in [1.82, 2.24) is 5.32 Å². The quantitative estimate of drug-likeness (QED) is 0.543. The molecule has 0 saturated carbocycles. The molecular formula is C25H28N2O3S. The second-order valence-electron chi connectivity index (χ2n) is 7.60. The minimum Gasteiger partial charge on any atom is -0.352 e. The third kappa shape index (κ3) is 5.95. The zero-order valence-electron chi connectivity index (χ0n) is 17.9. The third-order valence-corrected chi connectivity index (χ3v) is 6.89. The SMILES string of the molecule is Cc1ccccc1N(CC(=O)N[C@H](C)CCc1ccccc1)S(=O)(=O)c1ccccc1. The number of para-hydroxylation sites is 1. The molecule has 0 bridgehead atoms. The predicted molar refractivity (Wildman–Crippen MR) is 125 cm³/mol. The number of benzene rings is 3. The number of rotatable bonds is 9. The number of carbonyl (C=O) groups is 1. The van der Waals surface area contributed by atoms with Crippen LogP contribution in [0.1, 0.15) is 24.5 Å². The molecular weight excluding hydrogens is 408 g/mol. The average Bonchev–Trinajstić information content (AvgIpc) is 2.78. The Kier molecular flexibility index (Phi) is 7.47. The van der Waals surface area contributed by atoms with Gasteiger partial charge in [0.15, 0.2) is 0 Å². The smallest absolute Gasteiger partial charge is 0.264 e. The normalized spacial score (nSPS) is 12.2. The van der Waals surface area contributed by atoms with Gasteiger partial charge in [0.05, 0.1) is 10.6 Å². The lowest BCUT2D eigenvalue weighted by Crippen LogP contribution is -2.44. The number of nitrogens with one attached hydrogen (secondary N) is 1. The van der Waals surface area contributed by atoms with Crippen LogP contribution >= 0.6 is 0 Å². The number of nitrogens with zero attached hydrogens (tertiary/aromatic N) is 1. The first-order valence-electron chi connectivity index (χ1n) is 10.3. The van der Waals surface area contributed by atoms with Gasteiger partial charge in [-0.05, 0) is 56.0 Å². The van der Waals surface area contributed by atoms with Crippen LogP contribution < -0.4 is 9.62 Å². The molecule has 0 aliphatic heterocycles. The largest absolute Gasteiger partial charge is 0.352 e. The van der Waals surface area contributed by atoms with Gasteiger partial charge < -0.3 is 5.32 Å². The van der Waals surface area contributed by atoms with E-state index in [1.165, 1.54) is 9.87 Å². The number of aryl methyl sites for hydroxylation is 2. The van der Waals surface area contributed by atoms with Crippen LogP contribution in [0.5, 0.6) is 0 Å². The minimum atomic E-state index is -3.89. The van der Waals surface area contributed by atoms with Gasteiger partial charge in [-0.2, -0.15) is 0 Å². The van der Waals surface area contributed by atoms with Crippen molar-refractivity contribution in [2.24, 2.45) is 0 Å². The van der Waals surface area contributed by atoms with Crippen molar-refractivity contribution in [3.63, 3.8) is 0 Å². The molecule has 0 aliphatic rings. The van der Waals surface area contributed by atoms with Gasteiger partial charge >= 0.3 is 0 Å². The number of hydrogen-bond donors (Lipinski definition) is 1. The number of hydrogen-bond acceptors (Lipinski definition) is 3. The van der Waals surface area contributed by atoms with Crippen molar-refractivity contribution < 1.29 is 13.2 Å². The van der Waals surface area contributed by atoms with Gasteiger partial charge in [0.1, 0.15) is 6.54 Å². The van der Waals surface area contributed by atoms with E-state index in [2.05, 4.69) is 17.4 Å². The predicted octanol–water partition coefficient (Wildman–Crippen LogP) is 4.33. The second kappa shape index (κ2) is 10.3. The molecule has 5 nitrogen and oxygen atoms in total. The van der Waals surface area contributed by atoms with Crippen LogP contribution in [0.3, 0.4) is 0 Å². The molecule has 0 unspecified atom stereocenters. The molecule has 0 radical (unpaired) electrons. The molecule has 1 atom stereocenters. The average molecular weight is 437 g/mol. The highest BCUT2D eigenvalue weighted by Crippen LogP contribution is 2.26. The number of anilines is 1. The Morgan fingerprint density at radius 3 is 2.13 bits per heavy atom. The molecule has 162 valence electrons. The van der Waals surface area contributed by atoms with Crippen LogP contribution in [0.25, 0.3) is 0 Å². The van der Waals surface area contributed by atoms with Gasteiger partial charge in [-0.25, -0.2) is 8.42 Å². The van der Waals surface area contributed by atoms with Gasteiger partial charge in [0.2, 0.25) is 5.91 Å². The minimum absolute atomic E-state index is 0.0779. The van der Waals surface area contributed by atoms with Crippen LogP contribution in [-0.2, 0) is 21.2 Å². The van der Waals surface area contributed by atoms with E-state index in [1.807, 2.05) is 44.2 Å². The van der Waals surface area contributed by atoms with Crippen LogP contribution in [0, 0.1) is 6.92 Å². The zero-order valence-corrected chi connectivity index (χ0v) is 18.7. The molecule has 3 aromatic carbocycles. The molecule has 0 heterocycles. The van der Waals surface area contributed by atoms with E-state index in [-0.39, 0.29) is 23.4 Å². The van der Waals surface area contributed by atoms with E-state index in [0.717, 1.165) is 18.4 Å². The molecule has 1 amide bonds. The lowest BCUT2D eigenvalue weighted by Gasteiger charge is -2.26. The summed E-state index contributed by atoms with van der Waals surface area (Å²) in [5.74, 6) is -0.330. The van der Waals surface area contributed by atoms with Crippen LogP contribution in [0.2, 0.25) is 0 Å². The maximum absolute atomic E-state index is 13.4. The fourth-order valence-electron chi connectivity index (χ4n) is 3.41. The maximum atomic E-state index is 13.4. The molecule has 3 rings (SSSR count). The fourth-order valence-corrected chi connectivity index (χ4v) is 4.92. The van der Waals surface area contributed by atoms with Gasteiger partial charge in [0.25, 0.3) is 10.0 Å². The molecule has 0 fully saturated rings. The van der Waals surface area contributed by atoms with Crippen molar-refractivity contribution in [2.45, 2.75) is 37.6 Å². The summed E-state index contributed by atoms with van der Waals surface area (Å²) in [6.07, 6.45) is 1.61. The van der Waals surface area contributed by atoms with Gasteiger partial charge in [-0.15, -0.1) is 0 Å². The van der Waals surface area contributed by atoms with Crippen molar-refractivity contribution in [2.75, 3.05) is 10.8 Å². The van der Waals surface area contributed by atoms with E-state index in [9.17, 15) is 13.2 Å². The maximum Gasteiger partial charge on any atom is 0.264 e. The molecule has 3 aromatic rings. The van der Waals surface area contributed by atoms with E-state index in [1.54, 1.807) is 42.5 Å². The van der Waals surface area contributed by atoms with Crippen molar-refractivity contribution in [1.29, 1.82) is 0 Å². The first kappa shape index (κ1) is 22.6. The molecule has 0 spiro atoms. The van der Waals surface area contributed by atoms with Crippen molar-refractivity contribution in [3.05, 3.63) is 96.1 Å². The Bertz CT molecular complexity index is 1100. The summed E-state index contributed by atoms with van der Waals surface area (Å²) in [4.78, 5) is 13.0. The van der Waals surface area contributed by atoms with Crippen LogP contribution in [0.4, 0.5) is 5.69 Å². The molecule has 1 N–H and O–H groups in total. The Labute approximate surface area is 184 Å². The monoisotopic (exact) mass is 436 g/mol. The summed E-state index contributed by atoms with van der Waals surface area (Å²) in [6.45, 7) is 3.49. The molecule has 31 heavy (non-hydrogen) atoms. The highest BCUT2D eigenvalue weighted by molar-refractivity contribution is 7.92. The Morgan fingerprint density at radius 1 is 0.903 bits per heavy atom. The number of sulfonamides is 1. The topological polar surface area (TPSA) is 66.5 Å². The van der Waals surface area contributed by atoms with Crippen molar-refractivity contribution >= 4 is 21.6 Å². The van der Waals surface area contributed by atoms with Crippen LogP contribution in [-0.4, -0.2) is 26.9 Å². The second-order valence-corrected chi connectivity index (χ2v) is 9.47. The third-order valence-electron chi connectivity index (χ3n) is 5.12. The summed E-state index contributed by atoms with van der Waals surface area (Å²) in [5.41, 5.74) is 2.49. The standard InChI is InChI=1S/C25H28N2O3S/c1-20-11-9-10-16-24(20)27(31(29,30)23-14-7-4-8-15-23)19-25(28)26-21(2)17-18-22-12-5-3-6-13-22/h3-16,21H,17-19H2,1-2H3,(H,26,28)/t21-/m1/s1. The van der Waals surface area contributed by atoms with E-state index < -0.39 is 10.0 Å². The summed E-state index contributed by atoms with van der Waals surface area (Å²) in [6, 6.07) is 25.4. The summed E-state index contributed by atoms with van der Waals surface area (Å²) in [7, 11) is -3.89. The van der Waals surface area contributed by atoms with E-state index in [4.69, 9.17) is 0 Å². The zero-order chi connectivity index (χ0) is 22.3. The van der Waals surface area contributed by atoms with Gasteiger partial charge in [0, 0.05) is 6.04 Å². The molecule has 0 aliphatic carbocycles. The Morgan fingerprint density at radius 2 is 1.48 bits per heavy atom. The lowest BCUT2D eigenvalue weighted by atomic mass is 10.1. The summed E-state index contributed by atoms with van der Waals surface area (Å²) >= 11 is 0. The summed E-state index contributed by atoms with van der Waals surface area (Å²) in [5, 5.41) is 2.95. The lowest BCUT2D eigenvalue weighted by molar-refractivity contribution is -0.120. The number of carbonyl (C=O) groups excluding carboxylic acids is 1. The Balaban J connectivity index is 1.76. The number of amides is 1. The van der Waals surface area contributed by atoms with Crippen molar-refractivity contribution in [3.8, 4) is 0 Å². The first-order valence-corrected chi connectivity index (χ1v) is 11.8. The molecule has 6 heteroatoms. The van der Waals surface area contributed by atoms with Gasteiger partial charge in [-0.3, -0.25) is 9.10 Å². The summed E-state index contributed by atoms with van der Waals surface area (Å²) < 4.78 is 27.9. The highest BCUT2D eigenvalue weighted by atomic mass is 32.2. The first-order chi connectivity index (χ1) is 14.9. The molecule has 0 saturated heterocycles. The van der Waals surface area contributed by atoms with Gasteiger partial charge in [-0.1, -0.05) is 66.7 Å². The fraction of sp³-hybridized carbons (Fsp3) is 0.240. The van der Waals surface area contributed by atoms with Crippen LogP contribution in [0.15, 0.2) is 89.8 Å². The van der Waals surface area contributed by atoms with E-state index in [0.29, 0.717) is 5.69 Å². The Hall–Kier alpha value is -3.12.